The number of ether oxygens (including phenoxy) is 1. The van der Waals surface area contributed by atoms with E-state index in [1.807, 2.05) is 38.1 Å². The van der Waals surface area contributed by atoms with Crippen molar-refractivity contribution in [1.82, 2.24) is 5.32 Å². The summed E-state index contributed by atoms with van der Waals surface area (Å²) in [6, 6.07) is 15.4. The highest BCUT2D eigenvalue weighted by Crippen LogP contribution is 2.35. The van der Waals surface area contributed by atoms with Crippen LogP contribution in [0.15, 0.2) is 54.6 Å². The number of esters is 1. The van der Waals surface area contributed by atoms with Crippen LogP contribution in [0.2, 0.25) is 0 Å². The SMILES string of the molecule is CC[C@H](NC(=O)COC(=O)c1cc(O)c2ccccc2c1O)c1ccc(C)cc1. The van der Waals surface area contributed by atoms with Crippen LogP contribution in [0, 0.1) is 6.92 Å². The fraction of sp³-hybridized carbons (Fsp3) is 0.217. The van der Waals surface area contributed by atoms with Crippen LogP contribution in [-0.4, -0.2) is 28.7 Å². The zero-order chi connectivity index (χ0) is 21.0. The van der Waals surface area contributed by atoms with E-state index in [4.69, 9.17) is 4.74 Å². The molecule has 0 heterocycles. The Hall–Kier alpha value is -3.54. The number of benzene rings is 3. The number of fused-ring (bicyclic) bond motifs is 1. The molecule has 3 aromatic carbocycles. The van der Waals surface area contributed by atoms with Crippen LogP contribution in [0.5, 0.6) is 11.5 Å². The Morgan fingerprint density at radius 1 is 1.03 bits per heavy atom. The van der Waals surface area contributed by atoms with Crippen molar-refractivity contribution in [2.45, 2.75) is 26.3 Å². The molecule has 0 saturated heterocycles. The topological polar surface area (TPSA) is 95.9 Å². The highest BCUT2D eigenvalue weighted by molar-refractivity contribution is 6.04. The van der Waals surface area contributed by atoms with Crippen LogP contribution in [0.4, 0.5) is 0 Å². The largest absolute Gasteiger partial charge is 0.507 e. The second-order valence-corrected chi connectivity index (χ2v) is 6.85. The van der Waals surface area contributed by atoms with E-state index in [-0.39, 0.29) is 23.1 Å². The number of rotatable bonds is 6. The minimum Gasteiger partial charge on any atom is -0.507 e. The molecule has 0 aliphatic rings. The van der Waals surface area contributed by atoms with E-state index in [0.717, 1.165) is 17.2 Å². The molecule has 0 unspecified atom stereocenters. The van der Waals surface area contributed by atoms with Gasteiger partial charge < -0.3 is 20.3 Å². The van der Waals surface area contributed by atoms with Gasteiger partial charge in [0.15, 0.2) is 6.61 Å². The van der Waals surface area contributed by atoms with Crippen LogP contribution in [0.25, 0.3) is 10.8 Å². The maximum atomic E-state index is 12.4. The Kier molecular flexibility index (Phi) is 6.02. The lowest BCUT2D eigenvalue weighted by Crippen LogP contribution is -2.32. The molecule has 0 aliphatic carbocycles. The maximum Gasteiger partial charge on any atom is 0.342 e. The first kappa shape index (κ1) is 20.2. The summed E-state index contributed by atoms with van der Waals surface area (Å²) in [5.41, 5.74) is 1.90. The first-order valence-electron chi connectivity index (χ1n) is 9.37. The van der Waals surface area contributed by atoms with Gasteiger partial charge in [0, 0.05) is 10.8 Å². The molecular weight excluding hydrogens is 370 g/mol. The number of aromatic hydroxyl groups is 2. The summed E-state index contributed by atoms with van der Waals surface area (Å²) in [5, 5.41) is 24.0. The molecule has 0 radical (unpaired) electrons. The molecule has 3 rings (SSSR count). The summed E-state index contributed by atoms with van der Waals surface area (Å²) < 4.78 is 5.05. The average Bonchev–Trinajstić information content (AvgIpc) is 2.73. The van der Waals surface area contributed by atoms with E-state index < -0.39 is 18.5 Å². The quantitative estimate of drug-likeness (QED) is 0.435. The van der Waals surface area contributed by atoms with Crippen molar-refractivity contribution >= 4 is 22.6 Å². The molecule has 1 atom stereocenters. The summed E-state index contributed by atoms with van der Waals surface area (Å²) >= 11 is 0. The zero-order valence-corrected chi connectivity index (χ0v) is 16.3. The fourth-order valence-corrected chi connectivity index (χ4v) is 3.16. The Morgan fingerprint density at radius 3 is 2.34 bits per heavy atom. The third-order valence-electron chi connectivity index (χ3n) is 4.77. The molecule has 1 amide bonds. The number of phenols is 2. The maximum absolute atomic E-state index is 12.4. The van der Waals surface area contributed by atoms with Gasteiger partial charge in [-0.1, -0.05) is 61.0 Å². The van der Waals surface area contributed by atoms with Crippen molar-refractivity contribution in [1.29, 1.82) is 0 Å². The Bertz CT molecular complexity index is 1040. The molecule has 3 N–H and O–H groups in total. The van der Waals surface area contributed by atoms with Crippen molar-refractivity contribution in [3.63, 3.8) is 0 Å². The van der Waals surface area contributed by atoms with Crippen LogP contribution < -0.4 is 5.32 Å². The second-order valence-electron chi connectivity index (χ2n) is 6.85. The summed E-state index contributed by atoms with van der Waals surface area (Å²) in [6.45, 7) is 3.45. The summed E-state index contributed by atoms with van der Waals surface area (Å²) in [7, 11) is 0. The molecular formula is C23H23NO5. The predicted octanol–water partition coefficient (Wildman–Crippen LogP) is 3.98. The van der Waals surface area contributed by atoms with Crippen LogP contribution >= 0.6 is 0 Å². The van der Waals surface area contributed by atoms with Gasteiger partial charge in [-0.15, -0.1) is 0 Å². The standard InChI is InChI=1S/C23H23NO5/c1-3-19(15-10-8-14(2)9-11-15)24-21(26)13-29-23(28)18-12-20(25)16-6-4-5-7-17(16)22(18)27/h4-12,19,25,27H,3,13H2,1-2H3,(H,24,26)/t19-/m0/s1. The second kappa shape index (κ2) is 8.65. The Morgan fingerprint density at radius 2 is 1.69 bits per heavy atom. The third kappa shape index (κ3) is 4.48. The van der Waals surface area contributed by atoms with Crippen LogP contribution in [0.1, 0.15) is 40.9 Å². The van der Waals surface area contributed by atoms with Gasteiger partial charge in [-0.25, -0.2) is 4.79 Å². The van der Waals surface area contributed by atoms with Gasteiger partial charge in [0.05, 0.1) is 6.04 Å². The number of hydrogen-bond acceptors (Lipinski definition) is 5. The lowest BCUT2D eigenvalue weighted by atomic mass is 10.0. The van der Waals surface area contributed by atoms with Crippen molar-refractivity contribution in [3.05, 3.63) is 71.3 Å². The zero-order valence-electron chi connectivity index (χ0n) is 16.3. The molecule has 0 saturated carbocycles. The molecule has 6 heteroatoms. The number of hydrogen-bond donors (Lipinski definition) is 3. The highest BCUT2D eigenvalue weighted by atomic mass is 16.5. The lowest BCUT2D eigenvalue weighted by molar-refractivity contribution is -0.125. The van der Waals surface area contributed by atoms with Gasteiger partial charge in [0.1, 0.15) is 17.1 Å². The van der Waals surface area contributed by atoms with Gasteiger partial charge in [0.2, 0.25) is 0 Å². The fourth-order valence-electron chi connectivity index (χ4n) is 3.16. The number of nitrogens with one attached hydrogen (secondary N) is 1. The summed E-state index contributed by atoms with van der Waals surface area (Å²) in [5.74, 6) is -1.78. The minimum atomic E-state index is -0.887. The monoisotopic (exact) mass is 393 g/mol. The van der Waals surface area contributed by atoms with E-state index in [1.54, 1.807) is 24.3 Å². The lowest BCUT2D eigenvalue weighted by Gasteiger charge is -2.18. The van der Waals surface area contributed by atoms with Crippen molar-refractivity contribution < 1.29 is 24.5 Å². The van der Waals surface area contributed by atoms with Gasteiger partial charge in [-0.05, 0) is 25.0 Å². The van der Waals surface area contributed by atoms with E-state index in [9.17, 15) is 19.8 Å². The van der Waals surface area contributed by atoms with Gasteiger partial charge in [0.25, 0.3) is 5.91 Å². The van der Waals surface area contributed by atoms with E-state index in [2.05, 4.69) is 5.32 Å². The molecule has 0 fully saturated rings. The average molecular weight is 393 g/mol. The van der Waals surface area contributed by atoms with Crippen molar-refractivity contribution in [2.75, 3.05) is 6.61 Å². The number of aryl methyl sites for hydroxylation is 1. The number of phenolic OH excluding ortho intramolecular Hbond substituents is 2. The van der Waals surface area contributed by atoms with Crippen LogP contribution in [0.3, 0.4) is 0 Å². The number of carbonyl (C=O) groups is 2. The van der Waals surface area contributed by atoms with E-state index in [1.165, 1.54) is 0 Å². The third-order valence-corrected chi connectivity index (χ3v) is 4.77. The predicted molar refractivity (Wildman–Crippen MR) is 110 cm³/mol. The molecule has 0 aromatic heterocycles. The van der Waals surface area contributed by atoms with Crippen molar-refractivity contribution in [2.24, 2.45) is 0 Å². The molecule has 29 heavy (non-hydrogen) atoms. The Balaban J connectivity index is 1.67. The smallest absolute Gasteiger partial charge is 0.342 e. The molecule has 3 aromatic rings. The first-order valence-corrected chi connectivity index (χ1v) is 9.37. The number of carbonyl (C=O) groups excluding carboxylic acids is 2. The summed E-state index contributed by atoms with van der Waals surface area (Å²) in [4.78, 5) is 24.6. The molecule has 0 bridgehead atoms. The van der Waals surface area contributed by atoms with Gasteiger partial charge in [-0.2, -0.15) is 0 Å². The van der Waals surface area contributed by atoms with E-state index in [0.29, 0.717) is 17.2 Å². The normalized spacial score (nSPS) is 11.8. The first-order chi connectivity index (χ1) is 13.9. The molecule has 0 spiro atoms. The van der Waals surface area contributed by atoms with Gasteiger partial charge >= 0.3 is 5.97 Å². The van der Waals surface area contributed by atoms with Crippen LogP contribution in [-0.2, 0) is 9.53 Å². The van der Waals surface area contributed by atoms with Gasteiger partial charge in [-0.3, -0.25) is 4.79 Å². The van der Waals surface area contributed by atoms with Crippen molar-refractivity contribution in [3.8, 4) is 11.5 Å². The number of amides is 1. The Labute approximate surface area is 168 Å². The minimum absolute atomic E-state index is 0.153. The molecule has 6 nitrogen and oxygen atoms in total. The molecule has 0 aliphatic heterocycles. The molecule has 150 valence electrons. The summed E-state index contributed by atoms with van der Waals surface area (Å²) in [6.07, 6.45) is 0.683. The van der Waals surface area contributed by atoms with E-state index >= 15 is 0 Å². The highest BCUT2D eigenvalue weighted by Gasteiger charge is 2.20.